The van der Waals surface area contributed by atoms with Crippen molar-refractivity contribution in [2.75, 3.05) is 13.7 Å². The maximum absolute atomic E-state index is 13.3. The van der Waals surface area contributed by atoms with Crippen molar-refractivity contribution in [3.63, 3.8) is 0 Å². The highest BCUT2D eigenvalue weighted by atomic mass is 19.1. The summed E-state index contributed by atoms with van der Waals surface area (Å²) >= 11 is 0. The van der Waals surface area contributed by atoms with Crippen molar-refractivity contribution in [2.45, 2.75) is 32.0 Å². The van der Waals surface area contributed by atoms with Crippen LogP contribution in [-0.2, 0) is 16.1 Å². The molecular weight excluding hydrogens is 287 g/mol. The number of ether oxygens (including phenoxy) is 1. The van der Waals surface area contributed by atoms with Gasteiger partial charge in [-0.3, -0.25) is 4.79 Å². The summed E-state index contributed by atoms with van der Waals surface area (Å²) in [6, 6.07) is 4.17. The zero-order valence-corrected chi connectivity index (χ0v) is 12.6. The molecule has 0 bridgehead atoms. The van der Waals surface area contributed by atoms with Crippen LogP contribution in [0.25, 0.3) is 11.0 Å². The van der Waals surface area contributed by atoms with E-state index >= 15 is 0 Å². The van der Waals surface area contributed by atoms with E-state index in [-0.39, 0.29) is 30.4 Å². The number of carbonyl (C=O) groups is 1. The molecule has 0 saturated carbocycles. The molecule has 6 heteroatoms. The van der Waals surface area contributed by atoms with Gasteiger partial charge >= 0.3 is 0 Å². The molecule has 0 unspecified atom stereocenters. The van der Waals surface area contributed by atoms with Gasteiger partial charge in [-0.2, -0.15) is 0 Å². The van der Waals surface area contributed by atoms with Crippen LogP contribution in [0.15, 0.2) is 22.6 Å². The fourth-order valence-corrected chi connectivity index (χ4v) is 2.79. The molecule has 2 atom stereocenters. The molecule has 2 N–H and O–H groups in total. The van der Waals surface area contributed by atoms with E-state index in [1.54, 1.807) is 13.2 Å². The summed E-state index contributed by atoms with van der Waals surface area (Å²) in [6.07, 6.45) is 0.735. The maximum Gasteiger partial charge on any atom is 0.237 e. The number of benzene rings is 1. The molecule has 118 valence electrons. The van der Waals surface area contributed by atoms with Crippen LogP contribution in [0.4, 0.5) is 4.39 Å². The molecule has 22 heavy (non-hydrogen) atoms. The topological polar surface area (TPSA) is 63.5 Å². The first kappa shape index (κ1) is 15.0. The van der Waals surface area contributed by atoms with Gasteiger partial charge in [0.15, 0.2) is 0 Å². The molecule has 1 aliphatic heterocycles. The molecule has 0 radical (unpaired) electrons. The molecule has 1 aromatic heterocycles. The van der Waals surface area contributed by atoms with Gasteiger partial charge in [0.2, 0.25) is 5.91 Å². The number of aryl methyl sites for hydroxylation is 1. The molecule has 1 saturated heterocycles. The van der Waals surface area contributed by atoms with Gasteiger partial charge in [-0.1, -0.05) is 0 Å². The third-order valence-corrected chi connectivity index (χ3v) is 4.16. The minimum absolute atomic E-state index is 0.0756. The van der Waals surface area contributed by atoms with Crippen molar-refractivity contribution in [1.82, 2.24) is 10.6 Å². The molecule has 1 fully saturated rings. The van der Waals surface area contributed by atoms with Crippen LogP contribution in [-0.4, -0.2) is 31.7 Å². The highest BCUT2D eigenvalue weighted by Gasteiger charge is 2.29. The first-order chi connectivity index (χ1) is 10.6. The molecule has 1 aliphatic rings. The van der Waals surface area contributed by atoms with E-state index in [1.807, 2.05) is 6.92 Å². The van der Waals surface area contributed by atoms with Crippen molar-refractivity contribution in [2.24, 2.45) is 0 Å². The Kier molecular flexibility index (Phi) is 4.13. The van der Waals surface area contributed by atoms with Crippen molar-refractivity contribution in [3.05, 3.63) is 35.3 Å². The minimum Gasteiger partial charge on any atom is -0.459 e. The van der Waals surface area contributed by atoms with Crippen molar-refractivity contribution in [3.8, 4) is 0 Å². The normalized spacial score (nSPS) is 21.4. The van der Waals surface area contributed by atoms with Crippen LogP contribution >= 0.6 is 0 Å². The zero-order chi connectivity index (χ0) is 15.7. The second-order valence-corrected chi connectivity index (χ2v) is 5.56. The predicted molar refractivity (Wildman–Crippen MR) is 80.0 cm³/mol. The van der Waals surface area contributed by atoms with Gasteiger partial charge in [-0.25, -0.2) is 4.39 Å². The van der Waals surface area contributed by atoms with E-state index in [9.17, 15) is 9.18 Å². The maximum atomic E-state index is 13.3. The number of carbonyl (C=O) groups excluding carboxylic acids is 1. The number of amides is 1. The lowest BCUT2D eigenvalue weighted by molar-refractivity contribution is -0.123. The summed E-state index contributed by atoms with van der Waals surface area (Å²) in [4.78, 5) is 12.1. The molecule has 0 spiro atoms. The average Bonchev–Trinajstić information content (AvgIpc) is 3.11. The minimum atomic E-state index is -0.298. The Hall–Kier alpha value is -1.92. The Labute approximate surface area is 127 Å². The van der Waals surface area contributed by atoms with E-state index in [1.165, 1.54) is 12.1 Å². The van der Waals surface area contributed by atoms with Crippen molar-refractivity contribution in [1.29, 1.82) is 0 Å². The number of methoxy groups -OCH3 is 1. The molecule has 5 nitrogen and oxygen atoms in total. The molecule has 2 heterocycles. The van der Waals surface area contributed by atoms with Gasteiger partial charge in [0.1, 0.15) is 17.2 Å². The lowest BCUT2D eigenvalue weighted by Gasteiger charge is -2.10. The van der Waals surface area contributed by atoms with Crippen LogP contribution in [0.5, 0.6) is 0 Å². The zero-order valence-electron chi connectivity index (χ0n) is 12.6. The highest BCUT2D eigenvalue weighted by molar-refractivity contribution is 5.84. The third kappa shape index (κ3) is 2.84. The summed E-state index contributed by atoms with van der Waals surface area (Å²) < 4.78 is 24.2. The highest BCUT2D eigenvalue weighted by Crippen LogP contribution is 2.25. The summed E-state index contributed by atoms with van der Waals surface area (Å²) in [6.45, 7) is 2.83. The molecule has 0 aliphatic carbocycles. The van der Waals surface area contributed by atoms with Crippen molar-refractivity contribution < 1.29 is 18.3 Å². The Balaban J connectivity index is 1.66. The third-order valence-electron chi connectivity index (χ3n) is 4.16. The largest absolute Gasteiger partial charge is 0.459 e. The second kappa shape index (κ2) is 6.06. The molecular formula is C16H19FN2O3. The Morgan fingerprint density at radius 2 is 2.36 bits per heavy atom. The van der Waals surface area contributed by atoms with Gasteiger partial charge in [0.05, 0.1) is 18.7 Å². The van der Waals surface area contributed by atoms with E-state index in [4.69, 9.17) is 9.15 Å². The van der Waals surface area contributed by atoms with E-state index in [2.05, 4.69) is 10.6 Å². The summed E-state index contributed by atoms with van der Waals surface area (Å²) in [7, 11) is 1.64. The first-order valence-electron chi connectivity index (χ1n) is 7.30. The van der Waals surface area contributed by atoms with Crippen LogP contribution in [0, 0.1) is 12.7 Å². The Morgan fingerprint density at radius 1 is 1.55 bits per heavy atom. The lowest BCUT2D eigenvalue weighted by atomic mass is 10.1. The average molecular weight is 306 g/mol. The van der Waals surface area contributed by atoms with Crippen molar-refractivity contribution >= 4 is 16.9 Å². The second-order valence-electron chi connectivity index (χ2n) is 5.56. The summed E-state index contributed by atoms with van der Waals surface area (Å²) in [5.41, 5.74) is 1.48. The van der Waals surface area contributed by atoms with Gasteiger partial charge < -0.3 is 19.8 Å². The van der Waals surface area contributed by atoms with Crippen LogP contribution < -0.4 is 10.6 Å². The number of nitrogens with one attached hydrogen (secondary N) is 2. The van der Waals surface area contributed by atoms with Crippen LogP contribution in [0.2, 0.25) is 0 Å². The number of halogens is 1. The van der Waals surface area contributed by atoms with E-state index in [0.29, 0.717) is 24.3 Å². The summed E-state index contributed by atoms with van der Waals surface area (Å²) in [5, 5.41) is 6.72. The quantitative estimate of drug-likeness (QED) is 0.905. The van der Waals surface area contributed by atoms with Gasteiger partial charge in [-0.05, 0) is 31.5 Å². The number of rotatable bonds is 4. The molecule has 1 amide bonds. The predicted octanol–water partition coefficient (Wildman–Crippen LogP) is 1.87. The van der Waals surface area contributed by atoms with E-state index in [0.717, 1.165) is 10.9 Å². The standard InChI is InChI=1S/C16H19FN2O3/c1-9-12-5-10(17)3-4-14(12)22-15(9)8-19-16(20)13-6-11(21-2)7-18-13/h3-5,11,13,18H,6-8H2,1-2H3,(H,19,20)/t11-,13-/m0/s1. The molecule has 2 aromatic rings. The molecule has 1 aromatic carbocycles. The first-order valence-corrected chi connectivity index (χ1v) is 7.30. The van der Waals surface area contributed by atoms with Gasteiger partial charge in [-0.15, -0.1) is 0 Å². The van der Waals surface area contributed by atoms with Gasteiger partial charge in [0, 0.05) is 24.6 Å². The number of hydrogen-bond donors (Lipinski definition) is 2. The number of fused-ring (bicyclic) bond motifs is 1. The smallest absolute Gasteiger partial charge is 0.237 e. The fourth-order valence-electron chi connectivity index (χ4n) is 2.79. The van der Waals surface area contributed by atoms with Gasteiger partial charge in [0.25, 0.3) is 0 Å². The summed E-state index contributed by atoms with van der Waals surface area (Å²) in [5.74, 6) is 0.272. The number of furan rings is 1. The SMILES string of the molecule is CO[C@@H]1CN[C@H](C(=O)NCc2oc3ccc(F)cc3c2C)C1. The lowest BCUT2D eigenvalue weighted by Crippen LogP contribution is -2.40. The molecule has 3 rings (SSSR count). The number of hydrogen-bond acceptors (Lipinski definition) is 4. The van der Waals surface area contributed by atoms with E-state index < -0.39 is 0 Å². The monoisotopic (exact) mass is 306 g/mol. The Morgan fingerprint density at radius 3 is 3.09 bits per heavy atom. The Bertz CT molecular complexity index is 698. The van der Waals surface area contributed by atoms with Crippen LogP contribution in [0.1, 0.15) is 17.7 Å². The fraction of sp³-hybridized carbons (Fsp3) is 0.438. The van der Waals surface area contributed by atoms with Crippen LogP contribution in [0.3, 0.4) is 0 Å².